The molecule has 1 aliphatic rings. The largest absolute Gasteiger partial charge is 0.368 e. The Bertz CT molecular complexity index is 472. The summed E-state index contributed by atoms with van der Waals surface area (Å²) in [5, 5.41) is 7.23. The summed E-state index contributed by atoms with van der Waals surface area (Å²) in [6.07, 6.45) is 1.81. The van der Waals surface area contributed by atoms with Gasteiger partial charge in [0.05, 0.1) is 11.6 Å². The summed E-state index contributed by atoms with van der Waals surface area (Å²) in [5.74, 6) is -0.276. The van der Waals surface area contributed by atoms with Crippen molar-refractivity contribution in [2.45, 2.75) is 6.04 Å². The normalized spacial score (nSPS) is 18.4. The number of nitrogens with one attached hydrogen (secondary N) is 2. The van der Waals surface area contributed by atoms with Gasteiger partial charge in [-0.25, -0.2) is 0 Å². The number of piperazine rings is 1. The van der Waals surface area contributed by atoms with Crippen molar-refractivity contribution in [3.8, 4) is 0 Å². The second-order valence-electron chi connectivity index (χ2n) is 4.31. The molecule has 1 saturated heterocycles. The standard InChI is InChI=1S/C9H7N.C5H11N3O/c1-2-6-9-8(4-1)5-3-7-10-9;6-5(9)4-3-7-1-2-8-4/h1-7H;4,7-8H,1-3H2,(H2,6,9). The Kier molecular flexibility index (Phi) is 4.83. The minimum atomic E-state index is -0.276. The van der Waals surface area contributed by atoms with Crippen LogP contribution in [0.4, 0.5) is 0 Å². The molecule has 2 heterocycles. The van der Waals surface area contributed by atoms with Crippen molar-refractivity contribution in [3.05, 3.63) is 42.6 Å². The monoisotopic (exact) mass is 258 g/mol. The van der Waals surface area contributed by atoms with Crippen LogP contribution in [0.15, 0.2) is 42.6 Å². The molecule has 0 saturated carbocycles. The molecule has 1 unspecified atom stereocenters. The SMILES string of the molecule is NC(=O)C1CNCCN1.c1ccc2ncccc2c1. The number of nitrogens with two attached hydrogens (primary N) is 1. The molecule has 0 aliphatic carbocycles. The molecule has 0 radical (unpaired) electrons. The van der Waals surface area contributed by atoms with Gasteiger partial charge >= 0.3 is 0 Å². The number of benzene rings is 1. The maximum atomic E-state index is 10.5. The van der Waals surface area contributed by atoms with Crippen LogP contribution in [0.3, 0.4) is 0 Å². The molecule has 3 rings (SSSR count). The summed E-state index contributed by atoms with van der Waals surface area (Å²) >= 11 is 0. The average molecular weight is 258 g/mol. The zero-order valence-corrected chi connectivity index (χ0v) is 10.7. The zero-order valence-electron chi connectivity index (χ0n) is 10.7. The highest BCUT2D eigenvalue weighted by atomic mass is 16.1. The average Bonchev–Trinajstić information content (AvgIpc) is 2.49. The second kappa shape index (κ2) is 6.82. The van der Waals surface area contributed by atoms with E-state index in [1.807, 2.05) is 30.5 Å². The summed E-state index contributed by atoms with van der Waals surface area (Å²) in [6, 6.07) is 11.9. The number of pyridine rings is 1. The Labute approximate surface area is 112 Å². The number of nitrogens with zero attached hydrogens (tertiary/aromatic N) is 1. The van der Waals surface area contributed by atoms with E-state index in [0.717, 1.165) is 18.6 Å². The van der Waals surface area contributed by atoms with Crippen LogP contribution in [-0.4, -0.2) is 36.6 Å². The van der Waals surface area contributed by atoms with Gasteiger partial charge in [-0.15, -0.1) is 0 Å². The lowest BCUT2D eigenvalue weighted by Crippen LogP contribution is -2.54. The van der Waals surface area contributed by atoms with Crippen LogP contribution < -0.4 is 16.4 Å². The van der Waals surface area contributed by atoms with E-state index in [9.17, 15) is 4.79 Å². The van der Waals surface area contributed by atoms with E-state index in [0.29, 0.717) is 6.54 Å². The third-order valence-electron chi connectivity index (χ3n) is 2.90. The molecule has 1 aromatic heterocycles. The molecule has 5 nitrogen and oxygen atoms in total. The fourth-order valence-electron chi connectivity index (χ4n) is 1.87. The summed E-state index contributed by atoms with van der Waals surface area (Å²) in [5.41, 5.74) is 6.09. The van der Waals surface area contributed by atoms with E-state index < -0.39 is 0 Å². The number of fused-ring (bicyclic) bond motifs is 1. The van der Waals surface area contributed by atoms with Gasteiger partial charge in [-0.1, -0.05) is 24.3 Å². The van der Waals surface area contributed by atoms with Crippen LogP contribution >= 0.6 is 0 Å². The first-order chi connectivity index (χ1) is 9.27. The van der Waals surface area contributed by atoms with Crippen LogP contribution in [-0.2, 0) is 4.79 Å². The molecular weight excluding hydrogens is 240 g/mol. The summed E-state index contributed by atoms with van der Waals surface area (Å²) in [4.78, 5) is 14.7. The van der Waals surface area contributed by atoms with Gasteiger partial charge in [0.1, 0.15) is 0 Å². The second-order valence-corrected chi connectivity index (χ2v) is 4.31. The van der Waals surface area contributed by atoms with Crippen LogP contribution in [0.2, 0.25) is 0 Å². The Morgan fingerprint density at radius 2 is 2.00 bits per heavy atom. The molecule has 1 aromatic carbocycles. The minimum absolute atomic E-state index is 0.168. The van der Waals surface area contributed by atoms with Crippen LogP contribution in [0.5, 0.6) is 0 Å². The number of amides is 1. The van der Waals surface area contributed by atoms with E-state index in [4.69, 9.17) is 5.73 Å². The van der Waals surface area contributed by atoms with Crippen molar-refractivity contribution < 1.29 is 4.79 Å². The van der Waals surface area contributed by atoms with E-state index in [1.54, 1.807) is 0 Å². The van der Waals surface area contributed by atoms with E-state index in [2.05, 4.69) is 27.8 Å². The Morgan fingerprint density at radius 1 is 1.21 bits per heavy atom. The van der Waals surface area contributed by atoms with Crippen molar-refractivity contribution in [1.29, 1.82) is 0 Å². The number of primary amides is 1. The number of hydrogen-bond donors (Lipinski definition) is 3. The zero-order chi connectivity index (χ0) is 13.5. The number of carbonyl (C=O) groups is 1. The third-order valence-corrected chi connectivity index (χ3v) is 2.90. The maximum Gasteiger partial charge on any atom is 0.235 e. The molecule has 0 spiro atoms. The van der Waals surface area contributed by atoms with Gasteiger partial charge in [0.15, 0.2) is 0 Å². The summed E-state index contributed by atoms with van der Waals surface area (Å²) < 4.78 is 0. The first-order valence-corrected chi connectivity index (χ1v) is 6.30. The van der Waals surface area contributed by atoms with Gasteiger partial charge in [0, 0.05) is 31.2 Å². The Balaban J connectivity index is 0.000000141. The first kappa shape index (κ1) is 13.5. The third kappa shape index (κ3) is 4.01. The molecule has 1 atom stereocenters. The van der Waals surface area contributed by atoms with E-state index in [-0.39, 0.29) is 11.9 Å². The predicted molar refractivity (Wildman–Crippen MR) is 75.6 cm³/mol. The molecule has 1 amide bonds. The highest BCUT2D eigenvalue weighted by Gasteiger charge is 2.16. The van der Waals surface area contributed by atoms with Crippen molar-refractivity contribution >= 4 is 16.8 Å². The fourth-order valence-corrected chi connectivity index (χ4v) is 1.87. The molecule has 5 heteroatoms. The lowest BCUT2D eigenvalue weighted by molar-refractivity contribution is -0.120. The smallest absolute Gasteiger partial charge is 0.235 e. The van der Waals surface area contributed by atoms with Crippen LogP contribution in [0.25, 0.3) is 10.9 Å². The lowest BCUT2D eigenvalue weighted by Gasteiger charge is -2.21. The first-order valence-electron chi connectivity index (χ1n) is 6.30. The topological polar surface area (TPSA) is 80.0 Å². The number of hydrogen-bond acceptors (Lipinski definition) is 4. The van der Waals surface area contributed by atoms with Gasteiger partial charge < -0.3 is 16.4 Å². The predicted octanol–water partition coefficient (Wildman–Crippen LogP) is 0.268. The Morgan fingerprint density at radius 3 is 2.63 bits per heavy atom. The maximum absolute atomic E-state index is 10.5. The molecule has 1 aliphatic heterocycles. The van der Waals surface area contributed by atoms with Gasteiger partial charge in [0.25, 0.3) is 0 Å². The molecule has 2 aromatic rings. The number of aromatic nitrogens is 1. The van der Waals surface area contributed by atoms with Crippen LogP contribution in [0, 0.1) is 0 Å². The van der Waals surface area contributed by atoms with Crippen molar-refractivity contribution in [2.75, 3.05) is 19.6 Å². The van der Waals surface area contributed by atoms with E-state index in [1.165, 1.54) is 5.39 Å². The fraction of sp³-hybridized carbons (Fsp3) is 0.286. The molecule has 19 heavy (non-hydrogen) atoms. The van der Waals surface area contributed by atoms with Gasteiger partial charge in [-0.3, -0.25) is 9.78 Å². The van der Waals surface area contributed by atoms with E-state index >= 15 is 0 Å². The van der Waals surface area contributed by atoms with Crippen molar-refractivity contribution in [1.82, 2.24) is 15.6 Å². The number of rotatable bonds is 1. The van der Waals surface area contributed by atoms with Crippen molar-refractivity contribution in [2.24, 2.45) is 5.73 Å². The lowest BCUT2D eigenvalue weighted by atomic mass is 10.2. The highest BCUT2D eigenvalue weighted by molar-refractivity contribution is 5.80. The number of para-hydroxylation sites is 1. The van der Waals surface area contributed by atoms with Gasteiger partial charge in [-0.2, -0.15) is 0 Å². The molecule has 1 fully saturated rings. The summed E-state index contributed by atoms with van der Waals surface area (Å²) in [6.45, 7) is 2.41. The Hall–Kier alpha value is -1.98. The molecular formula is C14H18N4O. The number of carbonyl (C=O) groups excluding carboxylic acids is 1. The van der Waals surface area contributed by atoms with Crippen molar-refractivity contribution in [3.63, 3.8) is 0 Å². The van der Waals surface area contributed by atoms with Crippen LogP contribution in [0.1, 0.15) is 0 Å². The van der Waals surface area contributed by atoms with Gasteiger partial charge in [0.2, 0.25) is 5.91 Å². The summed E-state index contributed by atoms with van der Waals surface area (Å²) in [7, 11) is 0. The quantitative estimate of drug-likeness (QED) is 0.686. The van der Waals surface area contributed by atoms with Gasteiger partial charge in [-0.05, 0) is 12.1 Å². The minimum Gasteiger partial charge on any atom is -0.368 e. The molecule has 100 valence electrons. The molecule has 4 N–H and O–H groups in total. The molecule has 0 bridgehead atoms. The highest BCUT2D eigenvalue weighted by Crippen LogP contribution is 2.07.